The number of carbonyl (C=O) groups is 1. The van der Waals surface area contributed by atoms with Gasteiger partial charge in [0.2, 0.25) is 0 Å². The number of hydrogen-bond acceptors (Lipinski definition) is 1. The minimum atomic E-state index is -0.0308. The highest BCUT2D eigenvalue weighted by Gasteiger charge is 2.27. The molecule has 4 heteroatoms. The predicted molar refractivity (Wildman–Crippen MR) is 98.7 cm³/mol. The fraction of sp³-hybridized carbons (Fsp3) is 0.278. The largest absolute Gasteiger partial charge is 0.320 e. The van der Waals surface area contributed by atoms with Crippen molar-refractivity contribution in [1.82, 2.24) is 0 Å². The Hall–Kier alpha value is -1.13. The third-order valence-corrected chi connectivity index (χ3v) is 5.38. The normalized spacial score (nSPS) is 22.3. The standard InChI is InChI=1S/C18H17Br2NO/c1-10(2)12-5-3-11(4-6-12)7-15-14-8-13(19)9-16(20)17(14)21-18(15)22/h3,7-9,12H,1,4-6H2,2H3,(H,21,22). The molecule has 1 aliphatic heterocycles. The van der Waals surface area contributed by atoms with Crippen LogP contribution in [0.15, 0.2) is 51.0 Å². The molecule has 0 radical (unpaired) electrons. The minimum absolute atomic E-state index is 0.0308. The van der Waals surface area contributed by atoms with E-state index >= 15 is 0 Å². The van der Waals surface area contributed by atoms with Crippen molar-refractivity contribution in [3.05, 3.63) is 56.5 Å². The quantitative estimate of drug-likeness (QED) is 0.470. The van der Waals surface area contributed by atoms with Gasteiger partial charge >= 0.3 is 0 Å². The first-order valence-corrected chi connectivity index (χ1v) is 8.91. The molecule has 1 atom stereocenters. The van der Waals surface area contributed by atoms with E-state index in [9.17, 15) is 4.79 Å². The van der Waals surface area contributed by atoms with Gasteiger partial charge < -0.3 is 5.32 Å². The van der Waals surface area contributed by atoms with Gasteiger partial charge in [0, 0.05) is 20.1 Å². The molecule has 114 valence electrons. The number of fused-ring (bicyclic) bond motifs is 1. The zero-order valence-electron chi connectivity index (χ0n) is 12.4. The van der Waals surface area contributed by atoms with Gasteiger partial charge in [-0.25, -0.2) is 0 Å². The highest BCUT2D eigenvalue weighted by atomic mass is 79.9. The number of carbonyl (C=O) groups excluding carboxylic acids is 1. The first kappa shape index (κ1) is 15.8. The first-order valence-electron chi connectivity index (χ1n) is 7.32. The monoisotopic (exact) mass is 421 g/mol. The zero-order chi connectivity index (χ0) is 15.9. The SMILES string of the molecule is C=C(C)C1CC=C(C=C2C(=O)Nc3c(Br)cc(Br)cc32)CC1. The number of anilines is 1. The Kier molecular flexibility index (Phi) is 4.42. The summed E-state index contributed by atoms with van der Waals surface area (Å²) in [6, 6.07) is 3.93. The molecule has 1 aromatic rings. The molecular weight excluding hydrogens is 406 g/mol. The average Bonchev–Trinajstić information content (AvgIpc) is 2.77. The molecule has 2 aliphatic rings. The summed E-state index contributed by atoms with van der Waals surface area (Å²) in [6.45, 7) is 6.14. The number of allylic oxidation sites excluding steroid dienone is 4. The highest BCUT2D eigenvalue weighted by Crippen LogP contribution is 2.41. The van der Waals surface area contributed by atoms with E-state index in [-0.39, 0.29) is 5.91 Å². The maximum absolute atomic E-state index is 12.3. The number of rotatable bonds is 2. The molecule has 0 spiro atoms. The van der Waals surface area contributed by atoms with Gasteiger partial charge in [0.15, 0.2) is 0 Å². The highest BCUT2D eigenvalue weighted by molar-refractivity contribution is 9.11. The van der Waals surface area contributed by atoms with Gasteiger partial charge in [-0.1, -0.05) is 39.7 Å². The molecule has 1 unspecified atom stereocenters. The number of amides is 1. The maximum atomic E-state index is 12.3. The van der Waals surface area contributed by atoms with E-state index in [1.165, 1.54) is 11.1 Å². The molecule has 0 fully saturated rings. The van der Waals surface area contributed by atoms with Gasteiger partial charge in [-0.2, -0.15) is 0 Å². The van der Waals surface area contributed by atoms with Crippen LogP contribution in [0.25, 0.3) is 5.57 Å². The second kappa shape index (κ2) is 6.17. The van der Waals surface area contributed by atoms with Crippen molar-refractivity contribution in [2.45, 2.75) is 26.2 Å². The molecule has 1 heterocycles. The average molecular weight is 423 g/mol. The molecule has 0 bridgehead atoms. The van der Waals surface area contributed by atoms with Gasteiger partial charge in [0.1, 0.15) is 0 Å². The Morgan fingerprint density at radius 1 is 1.41 bits per heavy atom. The van der Waals surface area contributed by atoms with Gasteiger partial charge in [0.25, 0.3) is 5.91 Å². The van der Waals surface area contributed by atoms with Crippen LogP contribution in [0.3, 0.4) is 0 Å². The molecule has 0 saturated heterocycles. The lowest BCUT2D eigenvalue weighted by molar-refractivity contribution is -0.110. The molecule has 0 aromatic heterocycles. The Morgan fingerprint density at radius 3 is 2.82 bits per heavy atom. The van der Waals surface area contributed by atoms with Crippen LogP contribution in [0.2, 0.25) is 0 Å². The van der Waals surface area contributed by atoms with Crippen molar-refractivity contribution in [1.29, 1.82) is 0 Å². The molecule has 1 amide bonds. The van der Waals surface area contributed by atoms with Crippen LogP contribution in [0.1, 0.15) is 31.7 Å². The van der Waals surface area contributed by atoms with E-state index in [2.05, 4.69) is 56.8 Å². The van der Waals surface area contributed by atoms with Crippen molar-refractivity contribution < 1.29 is 4.79 Å². The van der Waals surface area contributed by atoms with E-state index in [0.29, 0.717) is 5.92 Å². The van der Waals surface area contributed by atoms with Crippen molar-refractivity contribution in [3.8, 4) is 0 Å². The number of hydrogen-bond donors (Lipinski definition) is 1. The van der Waals surface area contributed by atoms with Gasteiger partial charge in [-0.3, -0.25) is 4.79 Å². The van der Waals surface area contributed by atoms with E-state index < -0.39 is 0 Å². The van der Waals surface area contributed by atoms with Gasteiger partial charge in [0.05, 0.1) is 5.69 Å². The lowest BCUT2D eigenvalue weighted by Gasteiger charge is -2.20. The molecule has 3 rings (SSSR count). The Bertz CT molecular complexity index is 731. The summed E-state index contributed by atoms with van der Waals surface area (Å²) < 4.78 is 1.86. The second-order valence-corrected chi connectivity index (χ2v) is 7.69. The van der Waals surface area contributed by atoms with Gasteiger partial charge in [-0.15, -0.1) is 0 Å². The molecule has 0 saturated carbocycles. The summed E-state index contributed by atoms with van der Waals surface area (Å²) in [4.78, 5) is 12.3. The number of halogens is 2. The van der Waals surface area contributed by atoms with Gasteiger partial charge in [-0.05, 0) is 66.2 Å². The topological polar surface area (TPSA) is 29.1 Å². The molecule has 1 aromatic carbocycles. The van der Waals surface area contributed by atoms with Crippen LogP contribution in [0.5, 0.6) is 0 Å². The fourth-order valence-electron chi connectivity index (χ4n) is 2.98. The van der Waals surface area contributed by atoms with E-state index in [4.69, 9.17) is 0 Å². The van der Waals surface area contributed by atoms with Crippen molar-refractivity contribution >= 4 is 49.0 Å². The zero-order valence-corrected chi connectivity index (χ0v) is 15.6. The van der Waals surface area contributed by atoms with E-state index in [1.807, 2.05) is 18.2 Å². The first-order chi connectivity index (χ1) is 10.5. The maximum Gasteiger partial charge on any atom is 0.256 e. The lowest BCUT2D eigenvalue weighted by Crippen LogP contribution is -2.07. The second-order valence-electron chi connectivity index (χ2n) is 5.92. The van der Waals surface area contributed by atoms with E-state index in [1.54, 1.807) is 0 Å². The Labute approximate surface area is 147 Å². The molecule has 2 nitrogen and oxygen atoms in total. The van der Waals surface area contributed by atoms with Crippen molar-refractivity contribution in [3.63, 3.8) is 0 Å². The number of nitrogens with one attached hydrogen (secondary N) is 1. The molecule has 1 N–H and O–H groups in total. The third kappa shape index (κ3) is 2.99. The smallest absolute Gasteiger partial charge is 0.256 e. The van der Waals surface area contributed by atoms with E-state index in [0.717, 1.165) is 45.0 Å². The summed E-state index contributed by atoms with van der Waals surface area (Å²) in [6.07, 6.45) is 7.41. The van der Waals surface area contributed by atoms with Crippen molar-refractivity contribution in [2.24, 2.45) is 5.92 Å². The summed E-state index contributed by atoms with van der Waals surface area (Å²) in [5.41, 5.74) is 5.05. The summed E-state index contributed by atoms with van der Waals surface area (Å²) >= 11 is 7.00. The number of benzene rings is 1. The third-order valence-electron chi connectivity index (χ3n) is 4.30. The van der Waals surface area contributed by atoms with Crippen LogP contribution in [-0.4, -0.2) is 5.91 Å². The Balaban J connectivity index is 1.94. The van der Waals surface area contributed by atoms with Crippen molar-refractivity contribution in [2.75, 3.05) is 5.32 Å². The Morgan fingerprint density at radius 2 is 2.18 bits per heavy atom. The summed E-state index contributed by atoms with van der Waals surface area (Å²) in [5, 5.41) is 2.94. The van der Waals surface area contributed by atoms with Crippen LogP contribution >= 0.6 is 31.9 Å². The van der Waals surface area contributed by atoms with Crippen LogP contribution in [-0.2, 0) is 4.79 Å². The molecule has 22 heavy (non-hydrogen) atoms. The van der Waals surface area contributed by atoms with Crippen LogP contribution in [0.4, 0.5) is 5.69 Å². The molecular formula is C18H17Br2NO. The summed E-state index contributed by atoms with van der Waals surface area (Å²) in [5.74, 6) is 0.548. The predicted octanol–water partition coefficient (Wildman–Crippen LogP) is 5.85. The van der Waals surface area contributed by atoms with Crippen LogP contribution < -0.4 is 5.32 Å². The molecule has 1 aliphatic carbocycles. The lowest BCUT2D eigenvalue weighted by atomic mass is 9.85. The van der Waals surface area contributed by atoms with Crippen LogP contribution in [0, 0.1) is 5.92 Å². The summed E-state index contributed by atoms with van der Waals surface area (Å²) in [7, 11) is 0. The fourth-order valence-corrected chi connectivity index (χ4v) is 4.30. The minimum Gasteiger partial charge on any atom is -0.320 e.